The van der Waals surface area contributed by atoms with E-state index in [2.05, 4.69) is 25.4 Å². The first-order valence-corrected chi connectivity index (χ1v) is 10.4. The van der Waals surface area contributed by atoms with Gasteiger partial charge >= 0.3 is 0 Å². The molecule has 0 bridgehead atoms. The molecule has 1 saturated carbocycles. The smallest absolute Gasteiger partial charge is 0.228 e. The number of nitrogens with zero attached hydrogens (tertiary/aromatic N) is 4. The zero-order valence-corrected chi connectivity index (χ0v) is 16.8. The van der Waals surface area contributed by atoms with Crippen LogP contribution in [0.2, 0.25) is 0 Å². The molecular formula is C22H24FN5O2. The second-order valence-electron chi connectivity index (χ2n) is 8.25. The van der Waals surface area contributed by atoms with Crippen LogP contribution < -0.4 is 5.32 Å². The fourth-order valence-corrected chi connectivity index (χ4v) is 4.43. The van der Waals surface area contributed by atoms with Crippen LogP contribution in [0.4, 0.5) is 10.2 Å². The minimum absolute atomic E-state index is 0.0167. The molecule has 2 aromatic heterocycles. The van der Waals surface area contributed by atoms with E-state index in [0.717, 1.165) is 48.7 Å². The molecule has 0 radical (unpaired) electrons. The SMILES string of the molecule is Cc1ncc(-c2ccc3nnc(NC(=O)C4CCC(N5CC5CF)CC4)cc3c2)o1. The lowest BCUT2D eigenvalue weighted by Gasteiger charge is -2.28. The molecule has 1 N–H and O–H groups in total. The van der Waals surface area contributed by atoms with Gasteiger partial charge in [-0.1, -0.05) is 0 Å². The van der Waals surface area contributed by atoms with Gasteiger partial charge < -0.3 is 9.73 Å². The van der Waals surface area contributed by atoms with Gasteiger partial charge in [0, 0.05) is 36.4 Å². The minimum Gasteiger partial charge on any atom is -0.441 e. The minimum atomic E-state index is -0.265. The van der Waals surface area contributed by atoms with Crippen molar-refractivity contribution in [2.75, 3.05) is 18.5 Å². The summed E-state index contributed by atoms with van der Waals surface area (Å²) in [6.45, 7) is 2.40. The quantitative estimate of drug-likeness (QED) is 0.646. The molecule has 8 heteroatoms. The monoisotopic (exact) mass is 409 g/mol. The van der Waals surface area contributed by atoms with E-state index in [1.165, 1.54) is 0 Å². The van der Waals surface area contributed by atoms with Gasteiger partial charge in [-0.15, -0.1) is 10.2 Å². The first-order valence-electron chi connectivity index (χ1n) is 10.4. The maximum atomic E-state index is 12.7. The van der Waals surface area contributed by atoms with Crippen LogP contribution in [0.15, 0.2) is 34.9 Å². The third-order valence-electron chi connectivity index (χ3n) is 6.21. The Kier molecular flexibility index (Phi) is 4.94. The number of anilines is 1. The number of hydrogen-bond donors (Lipinski definition) is 1. The van der Waals surface area contributed by atoms with Gasteiger partial charge in [-0.3, -0.25) is 9.69 Å². The number of hydrogen-bond acceptors (Lipinski definition) is 6. The van der Waals surface area contributed by atoms with Crippen LogP contribution in [0.5, 0.6) is 0 Å². The maximum absolute atomic E-state index is 12.7. The van der Waals surface area contributed by atoms with Crippen LogP contribution in [0.25, 0.3) is 22.2 Å². The van der Waals surface area contributed by atoms with Crippen molar-refractivity contribution in [2.45, 2.75) is 44.7 Å². The number of oxazole rings is 1. The van der Waals surface area contributed by atoms with Crippen LogP contribution in [-0.4, -0.2) is 51.3 Å². The Morgan fingerprint density at radius 1 is 1.23 bits per heavy atom. The van der Waals surface area contributed by atoms with Crippen molar-refractivity contribution < 1.29 is 13.6 Å². The van der Waals surface area contributed by atoms with Crippen molar-refractivity contribution in [1.82, 2.24) is 20.1 Å². The normalized spacial score (nSPS) is 25.9. The molecule has 7 nitrogen and oxygen atoms in total. The lowest BCUT2D eigenvalue weighted by atomic mass is 9.85. The highest BCUT2D eigenvalue weighted by molar-refractivity contribution is 5.94. The van der Waals surface area contributed by atoms with Crippen LogP contribution in [0.3, 0.4) is 0 Å². The van der Waals surface area contributed by atoms with Gasteiger partial charge in [0.25, 0.3) is 0 Å². The molecule has 156 valence electrons. The zero-order valence-electron chi connectivity index (χ0n) is 16.8. The van der Waals surface area contributed by atoms with E-state index < -0.39 is 0 Å². The number of halogens is 1. The van der Waals surface area contributed by atoms with Crippen LogP contribution in [0, 0.1) is 12.8 Å². The maximum Gasteiger partial charge on any atom is 0.228 e. The molecule has 3 heterocycles. The Morgan fingerprint density at radius 2 is 2.07 bits per heavy atom. The van der Waals surface area contributed by atoms with Gasteiger partial charge in [-0.05, 0) is 49.9 Å². The summed E-state index contributed by atoms with van der Waals surface area (Å²) in [5.41, 5.74) is 1.64. The standard InChI is InChI=1S/C22H24FN5O2/c1-13-24-11-20(30-13)15-4-7-19-16(8-15)9-21(27-26-19)25-22(29)14-2-5-17(6-3-14)28-12-18(28)10-23/h4,7-9,11,14,17-18H,2-3,5-6,10,12H2,1H3,(H,25,27,29). The summed E-state index contributed by atoms with van der Waals surface area (Å²) in [5, 5.41) is 12.2. The van der Waals surface area contributed by atoms with Gasteiger partial charge in [0.15, 0.2) is 17.5 Å². The first-order chi connectivity index (χ1) is 14.6. The van der Waals surface area contributed by atoms with Crippen molar-refractivity contribution in [3.05, 3.63) is 36.4 Å². The molecule has 30 heavy (non-hydrogen) atoms. The highest BCUT2D eigenvalue weighted by Crippen LogP contribution is 2.34. The summed E-state index contributed by atoms with van der Waals surface area (Å²) >= 11 is 0. The highest BCUT2D eigenvalue weighted by atomic mass is 19.1. The summed E-state index contributed by atoms with van der Waals surface area (Å²) in [7, 11) is 0. The average Bonchev–Trinajstić information content (AvgIpc) is 3.44. The van der Waals surface area contributed by atoms with Gasteiger partial charge in [0.2, 0.25) is 5.91 Å². The Balaban J connectivity index is 1.25. The number of aryl methyl sites for hydroxylation is 1. The summed E-state index contributed by atoms with van der Waals surface area (Å²) in [5.74, 6) is 1.70. The van der Waals surface area contributed by atoms with Crippen molar-refractivity contribution >= 4 is 22.6 Å². The molecule has 1 aromatic carbocycles. The van der Waals surface area contributed by atoms with E-state index >= 15 is 0 Å². The third-order valence-corrected chi connectivity index (χ3v) is 6.21. The lowest BCUT2D eigenvalue weighted by molar-refractivity contribution is -0.121. The van der Waals surface area contributed by atoms with Crippen molar-refractivity contribution in [1.29, 1.82) is 0 Å². The number of nitrogens with one attached hydrogen (secondary N) is 1. The summed E-state index contributed by atoms with van der Waals surface area (Å²) in [6, 6.07) is 8.11. The van der Waals surface area contributed by atoms with Gasteiger partial charge in [0.05, 0.1) is 17.8 Å². The number of alkyl halides is 1. The van der Waals surface area contributed by atoms with Crippen molar-refractivity contribution in [2.24, 2.45) is 5.92 Å². The average molecular weight is 409 g/mol. The van der Waals surface area contributed by atoms with E-state index in [0.29, 0.717) is 23.5 Å². The Hall–Kier alpha value is -2.87. The number of amides is 1. The second kappa shape index (κ2) is 7.75. The Bertz CT molecular complexity index is 1080. The van der Waals surface area contributed by atoms with Crippen LogP contribution >= 0.6 is 0 Å². The number of carbonyl (C=O) groups is 1. The fraction of sp³-hybridized carbons (Fsp3) is 0.455. The number of aromatic nitrogens is 3. The van der Waals surface area contributed by atoms with Crippen LogP contribution in [-0.2, 0) is 4.79 Å². The van der Waals surface area contributed by atoms with Crippen molar-refractivity contribution in [3.8, 4) is 11.3 Å². The third kappa shape index (κ3) is 3.79. The summed E-state index contributed by atoms with van der Waals surface area (Å²) in [6.07, 6.45) is 5.22. The number of fused-ring (bicyclic) bond motifs is 1. The Labute approximate surface area is 173 Å². The molecule has 5 rings (SSSR count). The molecule has 2 fully saturated rings. The highest BCUT2D eigenvalue weighted by Gasteiger charge is 2.41. The van der Waals surface area contributed by atoms with Gasteiger partial charge in [0.1, 0.15) is 6.67 Å². The molecule has 2 unspecified atom stereocenters. The number of benzene rings is 1. The Morgan fingerprint density at radius 3 is 2.77 bits per heavy atom. The predicted molar refractivity (Wildman–Crippen MR) is 111 cm³/mol. The zero-order chi connectivity index (χ0) is 20.7. The molecule has 2 aliphatic rings. The summed E-state index contributed by atoms with van der Waals surface area (Å²) in [4.78, 5) is 19.1. The van der Waals surface area contributed by atoms with E-state index in [1.807, 2.05) is 24.3 Å². The number of carbonyl (C=O) groups excluding carboxylic acids is 1. The first kappa shape index (κ1) is 19.1. The largest absolute Gasteiger partial charge is 0.441 e. The van der Waals surface area contributed by atoms with Gasteiger partial charge in [-0.2, -0.15) is 0 Å². The van der Waals surface area contributed by atoms with E-state index in [4.69, 9.17) is 4.42 Å². The molecule has 1 saturated heterocycles. The van der Waals surface area contributed by atoms with E-state index in [1.54, 1.807) is 13.1 Å². The lowest BCUT2D eigenvalue weighted by Crippen LogP contribution is -2.33. The molecule has 1 amide bonds. The van der Waals surface area contributed by atoms with Gasteiger partial charge in [-0.25, -0.2) is 9.37 Å². The number of rotatable bonds is 5. The molecule has 0 spiro atoms. The molecule has 2 atom stereocenters. The summed E-state index contributed by atoms with van der Waals surface area (Å²) < 4.78 is 18.3. The predicted octanol–water partition coefficient (Wildman–Crippen LogP) is 3.74. The molecule has 3 aromatic rings. The van der Waals surface area contributed by atoms with Crippen LogP contribution in [0.1, 0.15) is 31.6 Å². The topological polar surface area (TPSA) is 83.9 Å². The van der Waals surface area contributed by atoms with Crippen molar-refractivity contribution in [3.63, 3.8) is 0 Å². The van der Waals surface area contributed by atoms with E-state index in [9.17, 15) is 9.18 Å². The fourth-order valence-electron chi connectivity index (χ4n) is 4.43. The second-order valence-corrected chi connectivity index (χ2v) is 8.25. The molecule has 1 aliphatic carbocycles. The molecule has 1 aliphatic heterocycles. The van der Waals surface area contributed by atoms with E-state index in [-0.39, 0.29) is 24.5 Å². The molecular weight excluding hydrogens is 385 g/mol.